The molecule has 4 heterocycles. The molecule has 0 aliphatic rings. The summed E-state index contributed by atoms with van der Waals surface area (Å²) < 4.78 is 13.2. The van der Waals surface area contributed by atoms with Crippen LogP contribution in [0.2, 0.25) is 0 Å². The van der Waals surface area contributed by atoms with Crippen LogP contribution in [0.1, 0.15) is 32.3 Å². The zero-order valence-corrected chi connectivity index (χ0v) is 42.6. The van der Waals surface area contributed by atoms with Crippen LogP contribution in [0.15, 0.2) is 240 Å². The lowest BCUT2D eigenvalue weighted by molar-refractivity contribution is 0.563. The highest BCUT2D eigenvalue weighted by molar-refractivity contribution is 6.13. The molecule has 14 rings (SSSR count). The standard InChI is InChI=1S/C70H54N4O2/c1-3-5-39-71(4-2)55-35-29-52-43-59(70(75)76-69(52)44-55)48-25-23-46(24-26-48)45-72-63-36-30-49(47-27-33-54(34-28-47)74-65-20-12-9-17-56(65)57-18-10-13-21-66(57)74)40-61(63)62-42-50(31-37-64(62)72)51-32-38-68-60(41-51)58-19-11-14-22-67(58)73(68)53-15-7-6-8-16-53/h6-38,40-44H,3-5,39,45H2,1-2H3. The van der Waals surface area contributed by atoms with Crippen molar-refractivity contribution in [3.05, 3.63) is 247 Å². The van der Waals surface area contributed by atoms with Crippen molar-refractivity contribution < 1.29 is 4.42 Å². The van der Waals surface area contributed by atoms with Crippen molar-refractivity contribution in [2.45, 2.75) is 33.2 Å². The molecule has 0 fully saturated rings. The normalized spacial score (nSPS) is 11.9. The lowest BCUT2D eigenvalue weighted by Crippen LogP contribution is -2.23. The number of aromatic nitrogens is 3. The predicted molar refractivity (Wildman–Crippen MR) is 319 cm³/mol. The topological polar surface area (TPSA) is 48.2 Å². The second-order valence-electron chi connectivity index (χ2n) is 20.2. The van der Waals surface area contributed by atoms with Gasteiger partial charge in [0.05, 0.1) is 27.6 Å². The van der Waals surface area contributed by atoms with Gasteiger partial charge in [0.15, 0.2) is 0 Å². The molecule has 0 aliphatic carbocycles. The Hall–Kier alpha value is -9.39. The molecule has 0 atom stereocenters. The van der Waals surface area contributed by atoms with Gasteiger partial charge in [-0.05, 0) is 144 Å². The van der Waals surface area contributed by atoms with Gasteiger partial charge in [0.1, 0.15) is 5.58 Å². The summed E-state index contributed by atoms with van der Waals surface area (Å²) in [6, 6.07) is 83.1. The Kier molecular flexibility index (Phi) is 11.0. The molecule has 6 nitrogen and oxygen atoms in total. The fourth-order valence-corrected chi connectivity index (χ4v) is 11.9. The van der Waals surface area contributed by atoms with Crippen LogP contribution >= 0.6 is 0 Å². The largest absolute Gasteiger partial charge is 0.422 e. The minimum atomic E-state index is -0.328. The first-order valence-electron chi connectivity index (χ1n) is 26.7. The van der Waals surface area contributed by atoms with Crippen LogP contribution in [0.4, 0.5) is 5.69 Å². The van der Waals surface area contributed by atoms with Gasteiger partial charge in [-0.1, -0.05) is 141 Å². The number of hydrogen-bond acceptors (Lipinski definition) is 3. The summed E-state index contributed by atoms with van der Waals surface area (Å²) in [6.07, 6.45) is 2.25. The Morgan fingerprint density at radius 2 is 0.908 bits per heavy atom. The first-order valence-corrected chi connectivity index (χ1v) is 26.7. The van der Waals surface area contributed by atoms with E-state index in [1.807, 2.05) is 12.1 Å². The van der Waals surface area contributed by atoms with Gasteiger partial charge in [0, 0.05) is 91.5 Å². The van der Waals surface area contributed by atoms with Gasteiger partial charge < -0.3 is 23.0 Å². The lowest BCUT2D eigenvalue weighted by atomic mass is 9.99. The summed E-state index contributed by atoms with van der Waals surface area (Å²) >= 11 is 0. The number of fused-ring (bicyclic) bond motifs is 10. The Balaban J connectivity index is 0.853. The highest BCUT2D eigenvalue weighted by Gasteiger charge is 2.19. The van der Waals surface area contributed by atoms with E-state index < -0.39 is 0 Å². The highest BCUT2D eigenvalue weighted by atomic mass is 16.4. The number of para-hydroxylation sites is 4. The molecule has 4 aromatic heterocycles. The maximum absolute atomic E-state index is 13.6. The minimum absolute atomic E-state index is 0.328. The van der Waals surface area contributed by atoms with E-state index in [0.29, 0.717) is 17.7 Å². The SMILES string of the molecule is CCCCN(CC)c1ccc2cc(-c3ccc(Cn4c5ccc(-c6ccc(-n7c8ccccc8c8ccccc87)cc6)cc5c5cc(-c6ccc7c(c6)c6ccccc6n7-c6ccccc6)ccc54)cc3)c(=O)oc2c1. The van der Waals surface area contributed by atoms with E-state index >= 15 is 0 Å². The predicted octanol–water partition coefficient (Wildman–Crippen LogP) is 17.8. The van der Waals surface area contributed by atoms with E-state index in [-0.39, 0.29) is 5.63 Å². The fraction of sp³-hybridized carbons (Fsp3) is 0.100. The van der Waals surface area contributed by atoms with Gasteiger partial charge in [-0.15, -0.1) is 0 Å². The Labute approximate surface area is 440 Å². The molecule has 0 unspecified atom stereocenters. The molecule has 0 N–H and O–H groups in total. The van der Waals surface area contributed by atoms with E-state index in [0.717, 1.165) is 81.7 Å². The number of rotatable bonds is 12. The average Bonchev–Trinajstić information content (AvgIpc) is 4.11. The molecule has 14 aromatic rings. The summed E-state index contributed by atoms with van der Waals surface area (Å²) in [5.41, 5.74) is 18.0. The van der Waals surface area contributed by atoms with Gasteiger partial charge in [-0.25, -0.2) is 4.79 Å². The van der Waals surface area contributed by atoms with Gasteiger partial charge in [0.2, 0.25) is 0 Å². The van der Waals surface area contributed by atoms with Crippen LogP contribution in [-0.2, 0) is 6.54 Å². The second-order valence-corrected chi connectivity index (χ2v) is 20.2. The van der Waals surface area contributed by atoms with Crippen molar-refractivity contribution in [3.63, 3.8) is 0 Å². The Morgan fingerprint density at radius 3 is 1.50 bits per heavy atom. The first-order chi connectivity index (χ1) is 37.5. The van der Waals surface area contributed by atoms with Crippen molar-refractivity contribution in [2.24, 2.45) is 0 Å². The zero-order valence-electron chi connectivity index (χ0n) is 42.6. The van der Waals surface area contributed by atoms with Gasteiger partial charge >= 0.3 is 5.63 Å². The molecule has 76 heavy (non-hydrogen) atoms. The van der Waals surface area contributed by atoms with Crippen molar-refractivity contribution in [1.82, 2.24) is 13.7 Å². The van der Waals surface area contributed by atoms with Gasteiger partial charge in [-0.3, -0.25) is 0 Å². The molecule has 366 valence electrons. The van der Waals surface area contributed by atoms with Crippen LogP contribution in [-0.4, -0.2) is 26.8 Å². The molecule has 0 aliphatic heterocycles. The molecule has 0 saturated heterocycles. The smallest absolute Gasteiger partial charge is 0.344 e. The van der Waals surface area contributed by atoms with E-state index in [4.69, 9.17) is 4.42 Å². The average molecular weight is 983 g/mol. The van der Waals surface area contributed by atoms with Crippen LogP contribution < -0.4 is 10.5 Å². The summed E-state index contributed by atoms with van der Waals surface area (Å²) in [5.74, 6) is 0. The van der Waals surface area contributed by atoms with Gasteiger partial charge in [-0.2, -0.15) is 0 Å². The summed E-state index contributed by atoms with van der Waals surface area (Å²) in [7, 11) is 0. The molecule has 0 spiro atoms. The first kappa shape index (κ1) is 45.2. The molecule has 0 radical (unpaired) electrons. The van der Waals surface area contributed by atoms with Crippen LogP contribution in [0, 0.1) is 0 Å². The summed E-state index contributed by atoms with van der Waals surface area (Å²) in [4.78, 5) is 15.9. The fourth-order valence-electron chi connectivity index (χ4n) is 11.9. The minimum Gasteiger partial charge on any atom is -0.422 e. The third-order valence-corrected chi connectivity index (χ3v) is 15.8. The lowest BCUT2D eigenvalue weighted by Gasteiger charge is -2.23. The maximum atomic E-state index is 13.6. The van der Waals surface area contributed by atoms with Crippen LogP contribution in [0.5, 0.6) is 0 Å². The van der Waals surface area contributed by atoms with Crippen molar-refractivity contribution in [3.8, 4) is 44.8 Å². The highest BCUT2D eigenvalue weighted by Crippen LogP contribution is 2.40. The van der Waals surface area contributed by atoms with E-state index in [9.17, 15) is 4.79 Å². The molecule has 0 bridgehead atoms. The number of anilines is 1. The molecular formula is C70H54N4O2. The summed E-state index contributed by atoms with van der Waals surface area (Å²) in [5, 5.41) is 8.28. The number of benzene rings is 10. The van der Waals surface area contributed by atoms with Gasteiger partial charge in [0.25, 0.3) is 0 Å². The zero-order chi connectivity index (χ0) is 50.9. The summed E-state index contributed by atoms with van der Waals surface area (Å²) in [6.45, 7) is 6.90. The number of unbranched alkanes of at least 4 members (excludes halogenated alkanes) is 1. The number of hydrogen-bond donors (Lipinski definition) is 0. The monoisotopic (exact) mass is 982 g/mol. The quantitative estimate of drug-likeness (QED) is 0.115. The molecule has 10 aromatic carbocycles. The van der Waals surface area contributed by atoms with E-state index in [1.54, 1.807) is 0 Å². The van der Waals surface area contributed by atoms with E-state index in [2.05, 4.69) is 251 Å². The Morgan fingerprint density at radius 1 is 0.421 bits per heavy atom. The molecular weight excluding hydrogens is 929 g/mol. The van der Waals surface area contributed by atoms with Crippen molar-refractivity contribution in [2.75, 3.05) is 18.0 Å². The molecule has 0 saturated carbocycles. The van der Waals surface area contributed by atoms with E-state index in [1.165, 1.54) is 65.5 Å². The van der Waals surface area contributed by atoms with Crippen LogP contribution in [0.3, 0.4) is 0 Å². The third kappa shape index (κ3) is 7.59. The molecule has 0 amide bonds. The van der Waals surface area contributed by atoms with Crippen LogP contribution in [0.25, 0.3) is 121 Å². The molecule has 6 heteroatoms. The third-order valence-electron chi connectivity index (χ3n) is 15.8. The van der Waals surface area contributed by atoms with Crippen molar-refractivity contribution in [1.29, 1.82) is 0 Å². The number of nitrogens with zero attached hydrogens (tertiary/aromatic N) is 4. The maximum Gasteiger partial charge on any atom is 0.344 e. The Bertz CT molecular complexity index is 4540. The second kappa shape index (κ2) is 18.5. The van der Waals surface area contributed by atoms with Crippen molar-refractivity contribution >= 4 is 82.1 Å².